The summed E-state index contributed by atoms with van der Waals surface area (Å²) in [7, 11) is 0. The predicted octanol–water partition coefficient (Wildman–Crippen LogP) is 0.698. The predicted molar refractivity (Wildman–Crippen MR) is 88.8 cm³/mol. The average molecular weight is 346 g/mol. The second kappa shape index (κ2) is 8.54. The first kappa shape index (κ1) is 17.3. The molecule has 134 valence electrons. The number of hydrogen-bond donors (Lipinski definition) is 3. The third-order valence-electron chi connectivity index (χ3n) is 3.93. The molecule has 9 heteroatoms. The third kappa shape index (κ3) is 5.23. The summed E-state index contributed by atoms with van der Waals surface area (Å²) in [6.07, 6.45) is 6.98. The zero-order valence-electron chi connectivity index (χ0n) is 13.9. The fraction of sp³-hybridized carbons (Fsp3) is 0.500. The van der Waals surface area contributed by atoms with E-state index in [1.165, 1.54) is 4.68 Å². The number of carbonyl (C=O) groups is 1. The van der Waals surface area contributed by atoms with E-state index >= 15 is 0 Å². The van der Waals surface area contributed by atoms with Gasteiger partial charge in [-0.15, -0.1) is 5.10 Å². The minimum Gasteiger partial charge on any atom is -0.492 e. The molecule has 0 aromatic carbocycles. The molecule has 0 amide bonds. The summed E-state index contributed by atoms with van der Waals surface area (Å²) in [5.74, 6) is -0.161. The van der Waals surface area contributed by atoms with Crippen molar-refractivity contribution in [3.63, 3.8) is 0 Å². The number of aryl methyl sites for hydroxylation is 1. The Balaban J connectivity index is 1.34. The smallest absolute Gasteiger partial charge is 0.325 e. The SMILES string of the molecule is O=C(O)Cn1cc(CCCCOc2ccc(C3CCNN3)nc2)nn1. The number of aromatic nitrogens is 4. The molecule has 0 radical (unpaired) electrons. The van der Waals surface area contributed by atoms with Crippen molar-refractivity contribution in [3.8, 4) is 5.75 Å². The molecule has 1 fully saturated rings. The second-order valence-electron chi connectivity index (χ2n) is 5.94. The second-order valence-corrected chi connectivity index (χ2v) is 5.94. The van der Waals surface area contributed by atoms with Crippen LogP contribution in [-0.4, -0.2) is 44.2 Å². The van der Waals surface area contributed by atoms with Gasteiger partial charge >= 0.3 is 5.97 Å². The van der Waals surface area contributed by atoms with E-state index in [2.05, 4.69) is 26.1 Å². The Bertz CT molecular complexity index is 681. The first-order chi connectivity index (χ1) is 12.2. The molecule has 25 heavy (non-hydrogen) atoms. The van der Waals surface area contributed by atoms with E-state index in [-0.39, 0.29) is 12.6 Å². The van der Waals surface area contributed by atoms with E-state index < -0.39 is 5.97 Å². The number of hydrazine groups is 1. The molecule has 3 rings (SSSR count). The molecule has 0 spiro atoms. The first-order valence-corrected chi connectivity index (χ1v) is 8.38. The van der Waals surface area contributed by atoms with Crippen LogP contribution >= 0.6 is 0 Å². The average Bonchev–Trinajstić information content (AvgIpc) is 3.27. The van der Waals surface area contributed by atoms with Crippen LogP contribution in [-0.2, 0) is 17.8 Å². The van der Waals surface area contributed by atoms with Crippen molar-refractivity contribution in [2.24, 2.45) is 0 Å². The van der Waals surface area contributed by atoms with Gasteiger partial charge in [0.25, 0.3) is 0 Å². The number of pyridine rings is 1. The molecule has 1 atom stereocenters. The van der Waals surface area contributed by atoms with Crippen LogP contribution in [0.3, 0.4) is 0 Å². The third-order valence-corrected chi connectivity index (χ3v) is 3.93. The minimum absolute atomic E-state index is 0.161. The number of ether oxygens (including phenoxy) is 1. The number of aliphatic carboxylic acids is 1. The summed E-state index contributed by atoms with van der Waals surface area (Å²) in [6.45, 7) is 1.40. The van der Waals surface area contributed by atoms with Gasteiger partial charge in [0.15, 0.2) is 0 Å². The lowest BCUT2D eigenvalue weighted by Gasteiger charge is -2.10. The van der Waals surface area contributed by atoms with Crippen molar-refractivity contribution in [1.82, 2.24) is 30.8 Å². The highest BCUT2D eigenvalue weighted by Gasteiger charge is 2.16. The van der Waals surface area contributed by atoms with Crippen LogP contribution in [0.25, 0.3) is 0 Å². The topological polar surface area (TPSA) is 114 Å². The highest BCUT2D eigenvalue weighted by molar-refractivity contribution is 5.66. The monoisotopic (exact) mass is 346 g/mol. The molecule has 1 aliphatic rings. The summed E-state index contributed by atoms with van der Waals surface area (Å²) in [6, 6.07) is 4.20. The summed E-state index contributed by atoms with van der Waals surface area (Å²) < 4.78 is 7.03. The molecule has 0 aliphatic carbocycles. The number of rotatable bonds is 9. The van der Waals surface area contributed by atoms with Gasteiger partial charge in [-0.25, -0.2) is 10.1 Å². The fourth-order valence-electron chi connectivity index (χ4n) is 2.66. The normalized spacial score (nSPS) is 16.9. The lowest BCUT2D eigenvalue weighted by Crippen LogP contribution is -2.25. The Hall–Kier alpha value is -2.52. The molecule has 2 aromatic rings. The Morgan fingerprint density at radius 2 is 2.32 bits per heavy atom. The van der Waals surface area contributed by atoms with Crippen molar-refractivity contribution in [3.05, 3.63) is 35.9 Å². The Labute approximate surface area is 145 Å². The van der Waals surface area contributed by atoms with E-state index in [0.717, 1.165) is 49.4 Å². The molecular weight excluding hydrogens is 324 g/mol. The van der Waals surface area contributed by atoms with Crippen molar-refractivity contribution >= 4 is 5.97 Å². The first-order valence-electron chi connectivity index (χ1n) is 8.38. The molecule has 1 unspecified atom stereocenters. The Morgan fingerprint density at radius 3 is 3.04 bits per heavy atom. The summed E-state index contributed by atoms with van der Waals surface area (Å²) in [4.78, 5) is 15.0. The van der Waals surface area contributed by atoms with E-state index in [1.54, 1.807) is 12.4 Å². The molecule has 3 heterocycles. The van der Waals surface area contributed by atoms with Crippen LogP contribution in [0.1, 0.15) is 36.7 Å². The van der Waals surface area contributed by atoms with Crippen LogP contribution < -0.4 is 15.6 Å². The van der Waals surface area contributed by atoms with E-state index in [0.29, 0.717) is 6.61 Å². The van der Waals surface area contributed by atoms with Gasteiger partial charge in [-0.05, 0) is 37.8 Å². The van der Waals surface area contributed by atoms with Crippen LogP contribution in [0, 0.1) is 0 Å². The lowest BCUT2D eigenvalue weighted by molar-refractivity contribution is -0.137. The van der Waals surface area contributed by atoms with Gasteiger partial charge in [0, 0.05) is 12.7 Å². The van der Waals surface area contributed by atoms with Gasteiger partial charge in [0.2, 0.25) is 0 Å². The van der Waals surface area contributed by atoms with E-state index in [9.17, 15) is 4.79 Å². The van der Waals surface area contributed by atoms with Crippen molar-refractivity contribution < 1.29 is 14.6 Å². The van der Waals surface area contributed by atoms with Gasteiger partial charge in [-0.1, -0.05) is 5.21 Å². The molecule has 0 bridgehead atoms. The molecule has 3 N–H and O–H groups in total. The van der Waals surface area contributed by atoms with Crippen LogP contribution in [0.2, 0.25) is 0 Å². The summed E-state index contributed by atoms with van der Waals surface area (Å²) >= 11 is 0. The number of nitrogens with one attached hydrogen (secondary N) is 2. The number of nitrogens with zero attached hydrogens (tertiary/aromatic N) is 4. The van der Waals surface area contributed by atoms with Crippen LogP contribution in [0.5, 0.6) is 5.75 Å². The molecule has 1 saturated heterocycles. The maximum absolute atomic E-state index is 10.6. The zero-order valence-corrected chi connectivity index (χ0v) is 13.9. The largest absolute Gasteiger partial charge is 0.492 e. The minimum atomic E-state index is -0.926. The molecule has 1 aliphatic heterocycles. The van der Waals surface area contributed by atoms with Crippen LogP contribution in [0.15, 0.2) is 24.5 Å². The quantitative estimate of drug-likeness (QED) is 0.569. The maximum Gasteiger partial charge on any atom is 0.325 e. The zero-order chi connectivity index (χ0) is 17.5. The van der Waals surface area contributed by atoms with E-state index in [4.69, 9.17) is 9.84 Å². The standard InChI is InChI=1S/C16H22N6O3/c23-16(24)11-22-10-12(19-21-22)3-1-2-8-25-13-4-5-14(17-9-13)15-6-7-18-20-15/h4-5,9-10,15,18,20H,1-3,6-8,11H2,(H,23,24). The van der Waals surface area contributed by atoms with Crippen LogP contribution in [0.4, 0.5) is 0 Å². The fourth-order valence-corrected chi connectivity index (χ4v) is 2.66. The van der Waals surface area contributed by atoms with Gasteiger partial charge < -0.3 is 9.84 Å². The highest BCUT2D eigenvalue weighted by atomic mass is 16.5. The Kier molecular flexibility index (Phi) is 5.91. The Morgan fingerprint density at radius 1 is 1.40 bits per heavy atom. The van der Waals surface area contributed by atoms with Gasteiger partial charge in [-0.3, -0.25) is 15.2 Å². The highest BCUT2D eigenvalue weighted by Crippen LogP contribution is 2.19. The van der Waals surface area contributed by atoms with Gasteiger partial charge in [-0.2, -0.15) is 0 Å². The molecule has 2 aromatic heterocycles. The number of carboxylic acids is 1. The van der Waals surface area contributed by atoms with Crippen molar-refractivity contribution in [1.29, 1.82) is 0 Å². The lowest BCUT2D eigenvalue weighted by atomic mass is 10.1. The summed E-state index contributed by atoms with van der Waals surface area (Å²) in [5.41, 5.74) is 8.09. The van der Waals surface area contributed by atoms with Gasteiger partial charge in [0.05, 0.1) is 30.2 Å². The van der Waals surface area contributed by atoms with Crippen molar-refractivity contribution in [2.45, 2.75) is 38.3 Å². The molecule has 9 nitrogen and oxygen atoms in total. The van der Waals surface area contributed by atoms with Crippen molar-refractivity contribution in [2.75, 3.05) is 13.2 Å². The number of carboxylic acid groups (broad SMARTS) is 1. The number of unbranched alkanes of at least 4 members (excludes halogenated alkanes) is 1. The van der Waals surface area contributed by atoms with E-state index in [1.807, 2.05) is 12.1 Å². The van der Waals surface area contributed by atoms with Gasteiger partial charge in [0.1, 0.15) is 12.3 Å². The number of hydrogen-bond acceptors (Lipinski definition) is 7. The molecular formula is C16H22N6O3. The molecule has 0 saturated carbocycles. The maximum atomic E-state index is 10.6. The summed E-state index contributed by atoms with van der Waals surface area (Å²) in [5, 5.41) is 16.4.